The van der Waals surface area contributed by atoms with Crippen molar-refractivity contribution in [2.45, 2.75) is 91.9 Å². The van der Waals surface area contributed by atoms with Crippen molar-refractivity contribution < 1.29 is 28.9 Å². The van der Waals surface area contributed by atoms with Gasteiger partial charge in [-0.2, -0.15) is 0 Å². The van der Waals surface area contributed by atoms with Crippen LogP contribution in [0.3, 0.4) is 0 Å². The number of unbranched alkanes of at least 4 members (excludes halogenated alkanes) is 6. The summed E-state index contributed by atoms with van der Waals surface area (Å²) >= 11 is 6.56. The molecule has 0 spiro atoms. The van der Waals surface area contributed by atoms with Gasteiger partial charge in [0.25, 0.3) is 0 Å². The van der Waals surface area contributed by atoms with Crippen molar-refractivity contribution in [2.75, 3.05) is 12.4 Å². The standard InChI is InChI=1S/C18H39O2PS2.Zn/c1-5-7-9-11-13-17(3)15-20-21(19,22)23-16-18(4)14-12-10-8-6-2;/h17-18H,5-16H2,1-4H3,(H,19,22);/p-1. The molecule has 3 unspecified atom stereocenters. The van der Waals surface area contributed by atoms with Gasteiger partial charge in [-0.3, -0.25) is 0 Å². The third kappa shape index (κ3) is 18.3. The molecule has 0 aromatic carbocycles. The third-order valence-electron chi connectivity index (χ3n) is 4.14. The second-order valence-corrected chi connectivity index (χ2v) is 13.0. The normalized spacial score (nSPS) is 16.2. The molecule has 0 heterocycles. The van der Waals surface area contributed by atoms with Crippen LogP contribution in [0.25, 0.3) is 0 Å². The fraction of sp³-hybridized carbons (Fsp3) is 1.00. The van der Waals surface area contributed by atoms with E-state index in [1.54, 1.807) is 0 Å². The molecule has 0 aromatic heterocycles. The fourth-order valence-corrected chi connectivity index (χ4v) is 6.04. The van der Waals surface area contributed by atoms with Gasteiger partial charge in [0.2, 0.25) is 0 Å². The average Bonchev–Trinajstić information content (AvgIpc) is 2.52. The second-order valence-electron chi connectivity index (χ2n) is 6.95. The first-order valence-electron chi connectivity index (χ1n) is 9.51. The molecule has 24 heavy (non-hydrogen) atoms. The summed E-state index contributed by atoms with van der Waals surface area (Å²) in [4.78, 5) is 12.3. The van der Waals surface area contributed by atoms with Crippen molar-refractivity contribution in [3.05, 3.63) is 0 Å². The van der Waals surface area contributed by atoms with Crippen LogP contribution in [0.5, 0.6) is 0 Å². The topological polar surface area (TPSA) is 32.3 Å². The predicted molar refractivity (Wildman–Crippen MR) is 109 cm³/mol. The molecule has 0 radical (unpaired) electrons. The monoisotopic (exact) mass is 445 g/mol. The van der Waals surface area contributed by atoms with E-state index >= 15 is 0 Å². The summed E-state index contributed by atoms with van der Waals surface area (Å²) in [6.07, 6.45) is 12.6. The summed E-state index contributed by atoms with van der Waals surface area (Å²) < 4.78 is 5.58. The van der Waals surface area contributed by atoms with Crippen LogP contribution < -0.4 is 4.89 Å². The molecule has 0 saturated heterocycles. The third-order valence-corrected chi connectivity index (χ3v) is 8.61. The molecule has 0 fully saturated rings. The zero-order valence-electron chi connectivity index (χ0n) is 16.4. The van der Waals surface area contributed by atoms with E-state index in [4.69, 9.17) is 16.3 Å². The van der Waals surface area contributed by atoms with Crippen LogP contribution >= 0.6 is 17.1 Å². The smallest absolute Gasteiger partial charge is 0.0539 e. The number of rotatable bonds is 16. The molecule has 0 saturated carbocycles. The summed E-state index contributed by atoms with van der Waals surface area (Å²) in [5, 5.41) is 0. The Labute approximate surface area is 173 Å². The van der Waals surface area contributed by atoms with Gasteiger partial charge in [0, 0.05) is 30.9 Å². The Hall–Kier alpha value is 1.54. The molecular weight excluding hydrogens is 409 g/mol. The maximum Gasteiger partial charge on any atom is 0.0539 e. The molecule has 0 rings (SSSR count). The van der Waals surface area contributed by atoms with Gasteiger partial charge in [-0.15, -0.1) is 11.4 Å². The van der Waals surface area contributed by atoms with Crippen LogP contribution in [0.2, 0.25) is 0 Å². The van der Waals surface area contributed by atoms with Gasteiger partial charge in [-0.25, -0.2) is 0 Å². The summed E-state index contributed by atoms with van der Waals surface area (Å²) in [5.74, 6) is 1.89. The number of hydrogen-bond donors (Lipinski definition) is 0. The summed E-state index contributed by atoms with van der Waals surface area (Å²) in [7, 11) is 0. The van der Waals surface area contributed by atoms with Gasteiger partial charge in [0.1, 0.15) is 0 Å². The Morgan fingerprint density at radius 1 is 0.917 bits per heavy atom. The van der Waals surface area contributed by atoms with Crippen molar-refractivity contribution in [3.63, 3.8) is 0 Å². The van der Waals surface area contributed by atoms with E-state index in [1.165, 1.54) is 69.2 Å². The minimum Gasteiger partial charge on any atom is -0.793 e. The molecule has 0 bridgehead atoms. The molecule has 0 N–H and O–H groups in total. The average molecular weight is 447 g/mol. The molecule has 0 aliphatic rings. The van der Waals surface area contributed by atoms with E-state index in [-0.39, 0.29) is 19.5 Å². The SMILES string of the molecule is CCCCCCC(C)COP([O-])(=S)SCC(C)CCCCCC.[Zn]. The van der Waals surface area contributed by atoms with Crippen molar-refractivity contribution in [1.82, 2.24) is 0 Å². The van der Waals surface area contributed by atoms with Gasteiger partial charge in [-0.05, 0) is 24.7 Å². The van der Waals surface area contributed by atoms with Crippen molar-refractivity contribution in [3.8, 4) is 0 Å². The van der Waals surface area contributed by atoms with Gasteiger partial charge < -0.3 is 9.42 Å². The molecule has 0 aliphatic heterocycles. The van der Waals surface area contributed by atoms with Crippen LogP contribution in [0.15, 0.2) is 0 Å². The zero-order chi connectivity index (χ0) is 17.6. The Balaban J connectivity index is 0. The second kappa shape index (κ2) is 17.9. The van der Waals surface area contributed by atoms with Crippen molar-refractivity contribution in [2.24, 2.45) is 11.8 Å². The quantitative estimate of drug-likeness (QED) is 0.153. The minimum absolute atomic E-state index is 0. The van der Waals surface area contributed by atoms with Crippen LogP contribution in [0.1, 0.15) is 91.9 Å². The molecule has 0 aliphatic carbocycles. The summed E-state index contributed by atoms with van der Waals surface area (Å²) in [6, 6.07) is 0. The van der Waals surface area contributed by atoms with Crippen LogP contribution in [-0.2, 0) is 35.8 Å². The van der Waals surface area contributed by atoms with Crippen molar-refractivity contribution in [1.29, 1.82) is 0 Å². The maximum absolute atomic E-state index is 12.3. The van der Waals surface area contributed by atoms with Gasteiger partial charge in [0.05, 0.1) is 6.61 Å². The molecular formula is C18H38O2PS2Zn-. The Morgan fingerprint density at radius 2 is 1.42 bits per heavy atom. The van der Waals surface area contributed by atoms with E-state index in [0.717, 1.165) is 12.2 Å². The summed E-state index contributed by atoms with van der Waals surface area (Å²) in [6.45, 7) is 9.40. The van der Waals surface area contributed by atoms with E-state index in [1.807, 2.05) is 0 Å². The Kier molecular flexibility index (Phi) is 20.7. The molecule has 2 nitrogen and oxygen atoms in total. The number of hydrogen-bond acceptors (Lipinski definition) is 4. The fourth-order valence-electron chi connectivity index (χ4n) is 2.48. The Bertz CT molecular complexity index is 293. The van der Waals surface area contributed by atoms with Crippen LogP contribution in [-0.4, -0.2) is 12.4 Å². The largest absolute Gasteiger partial charge is 0.793 e. The van der Waals surface area contributed by atoms with Crippen LogP contribution in [0.4, 0.5) is 0 Å². The van der Waals surface area contributed by atoms with Crippen molar-refractivity contribution >= 4 is 28.9 Å². The minimum atomic E-state index is -2.89. The van der Waals surface area contributed by atoms with Gasteiger partial charge in [-0.1, -0.05) is 90.9 Å². The Morgan fingerprint density at radius 3 is 1.92 bits per heavy atom. The zero-order valence-corrected chi connectivity index (χ0v) is 21.9. The first-order chi connectivity index (χ1) is 10.9. The molecule has 142 valence electrons. The van der Waals surface area contributed by atoms with Gasteiger partial charge in [0.15, 0.2) is 0 Å². The molecule has 0 aromatic rings. The van der Waals surface area contributed by atoms with E-state index in [0.29, 0.717) is 18.4 Å². The first-order valence-corrected chi connectivity index (χ1v) is 13.7. The molecule has 6 heteroatoms. The van der Waals surface area contributed by atoms with Crippen LogP contribution in [0, 0.1) is 11.8 Å². The molecule has 0 amide bonds. The van der Waals surface area contributed by atoms with E-state index < -0.39 is 5.69 Å². The van der Waals surface area contributed by atoms with E-state index in [2.05, 4.69) is 27.7 Å². The molecule has 3 atom stereocenters. The predicted octanol–water partition coefficient (Wildman–Crippen LogP) is 6.53. The summed E-state index contributed by atoms with van der Waals surface area (Å²) in [5.41, 5.74) is -2.89. The van der Waals surface area contributed by atoms with Gasteiger partial charge >= 0.3 is 0 Å². The van der Waals surface area contributed by atoms with E-state index in [9.17, 15) is 4.89 Å². The first kappa shape index (κ1) is 27.8. The maximum atomic E-state index is 12.3.